The normalized spacial score (nSPS) is 17.2. The number of rotatable bonds is 5. The Hall–Kier alpha value is -2.70. The maximum atomic E-state index is 13.0. The Morgan fingerprint density at radius 3 is 2.68 bits per heavy atom. The van der Waals surface area contributed by atoms with E-state index in [0.717, 1.165) is 11.4 Å². The maximum absolute atomic E-state index is 13.0. The van der Waals surface area contributed by atoms with Crippen molar-refractivity contribution in [3.05, 3.63) is 47.5 Å². The first-order valence-corrected chi connectivity index (χ1v) is 8.29. The van der Waals surface area contributed by atoms with Gasteiger partial charge in [0.2, 0.25) is 11.8 Å². The topological polar surface area (TPSA) is 67.2 Å². The van der Waals surface area contributed by atoms with Crippen LogP contribution in [-0.2, 0) is 16.1 Å². The van der Waals surface area contributed by atoms with E-state index in [9.17, 15) is 14.0 Å². The van der Waals surface area contributed by atoms with Crippen molar-refractivity contribution in [2.45, 2.75) is 26.8 Å². The van der Waals surface area contributed by atoms with Crippen LogP contribution in [0.3, 0.4) is 0 Å². The van der Waals surface area contributed by atoms with Crippen LogP contribution in [0.1, 0.15) is 17.8 Å². The molecule has 1 aliphatic heterocycles. The Morgan fingerprint density at radius 1 is 1.32 bits per heavy atom. The van der Waals surface area contributed by atoms with Gasteiger partial charge in [0.1, 0.15) is 5.82 Å². The van der Waals surface area contributed by atoms with Gasteiger partial charge in [-0.15, -0.1) is 0 Å². The molecule has 0 aliphatic carbocycles. The Morgan fingerprint density at radius 2 is 2.04 bits per heavy atom. The minimum atomic E-state index is -0.391. The van der Waals surface area contributed by atoms with Gasteiger partial charge in [-0.05, 0) is 44.2 Å². The minimum absolute atomic E-state index is 0.120. The Kier molecular flexibility index (Phi) is 4.83. The molecule has 6 nitrogen and oxygen atoms in total. The molecule has 1 unspecified atom stereocenters. The predicted molar refractivity (Wildman–Crippen MR) is 91.6 cm³/mol. The zero-order valence-electron chi connectivity index (χ0n) is 14.3. The van der Waals surface area contributed by atoms with Gasteiger partial charge in [-0.2, -0.15) is 5.10 Å². The third-order valence-electron chi connectivity index (χ3n) is 4.36. The van der Waals surface area contributed by atoms with Crippen LogP contribution in [0.5, 0.6) is 0 Å². The van der Waals surface area contributed by atoms with Crippen LogP contribution in [0.4, 0.5) is 10.1 Å². The van der Waals surface area contributed by atoms with E-state index in [1.807, 2.05) is 24.6 Å². The SMILES string of the molecule is Cc1cc(C)n(CCNC(=O)C2CC(=O)N(c3ccc(F)cc3)C2)n1. The van der Waals surface area contributed by atoms with Crippen LogP contribution in [0.2, 0.25) is 0 Å². The van der Waals surface area contributed by atoms with Crippen molar-refractivity contribution in [1.82, 2.24) is 15.1 Å². The summed E-state index contributed by atoms with van der Waals surface area (Å²) in [5.74, 6) is -1.00. The van der Waals surface area contributed by atoms with E-state index in [2.05, 4.69) is 10.4 Å². The molecule has 0 spiro atoms. The highest BCUT2D eigenvalue weighted by atomic mass is 19.1. The molecule has 1 aliphatic rings. The first-order valence-electron chi connectivity index (χ1n) is 8.29. The molecule has 25 heavy (non-hydrogen) atoms. The Bertz CT molecular complexity index is 785. The number of halogens is 1. The van der Waals surface area contributed by atoms with Crippen LogP contribution in [-0.4, -0.2) is 34.7 Å². The van der Waals surface area contributed by atoms with E-state index < -0.39 is 5.92 Å². The molecule has 1 fully saturated rings. The van der Waals surface area contributed by atoms with Crippen LogP contribution in [0, 0.1) is 25.6 Å². The first kappa shape index (κ1) is 17.1. The number of amides is 2. The summed E-state index contributed by atoms with van der Waals surface area (Å²) in [6.45, 7) is 5.26. The summed E-state index contributed by atoms with van der Waals surface area (Å²) in [5, 5.41) is 7.22. The van der Waals surface area contributed by atoms with E-state index in [1.54, 1.807) is 12.1 Å². The number of aromatic nitrogens is 2. The van der Waals surface area contributed by atoms with Crippen LogP contribution < -0.4 is 10.2 Å². The number of benzene rings is 1. The van der Waals surface area contributed by atoms with Crippen molar-refractivity contribution in [2.75, 3.05) is 18.0 Å². The molecule has 7 heteroatoms. The molecule has 2 heterocycles. The van der Waals surface area contributed by atoms with E-state index in [-0.39, 0.29) is 24.1 Å². The van der Waals surface area contributed by atoms with E-state index in [1.165, 1.54) is 17.0 Å². The summed E-state index contributed by atoms with van der Waals surface area (Å²) in [4.78, 5) is 26.0. The van der Waals surface area contributed by atoms with Crippen molar-refractivity contribution in [3.8, 4) is 0 Å². The van der Waals surface area contributed by atoms with Crippen LogP contribution in [0.15, 0.2) is 30.3 Å². The van der Waals surface area contributed by atoms with Gasteiger partial charge in [0, 0.05) is 30.9 Å². The molecule has 132 valence electrons. The molecule has 0 saturated carbocycles. The summed E-state index contributed by atoms with van der Waals surface area (Å²) in [6, 6.07) is 7.71. The molecule has 1 atom stereocenters. The molecule has 3 rings (SSSR count). The monoisotopic (exact) mass is 344 g/mol. The highest BCUT2D eigenvalue weighted by Gasteiger charge is 2.34. The van der Waals surface area contributed by atoms with E-state index in [0.29, 0.717) is 25.3 Å². The van der Waals surface area contributed by atoms with Gasteiger partial charge in [-0.1, -0.05) is 0 Å². The summed E-state index contributed by atoms with van der Waals surface area (Å²) >= 11 is 0. The highest BCUT2D eigenvalue weighted by molar-refractivity contribution is 6.00. The zero-order chi connectivity index (χ0) is 18.0. The average molecular weight is 344 g/mol. The van der Waals surface area contributed by atoms with Gasteiger partial charge >= 0.3 is 0 Å². The molecule has 1 saturated heterocycles. The van der Waals surface area contributed by atoms with Crippen molar-refractivity contribution in [1.29, 1.82) is 0 Å². The van der Waals surface area contributed by atoms with Crippen molar-refractivity contribution in [3.63, 3.8) is 0 Å². The fourth-order valence-corrected chi connectivity index (χ4v) is 3.08. The van der Waals surface area contributed by atoms with E-state index >= 15 is 0 Å². The maximum Gasteiger partial charge on any atom is 0.227 e. The van der Waals surface area contributed by atoms with Crippen LogP contribution in [0.25, 0.3) is 0 Å². The molecule has 1 aromatic carbocycles. The number of nitrogens with zero attached hydrogens (tertiary/aromatic N) is 3. The number of carbonyl (C=O) groups excluding carboxylic acids is 2. The van der Waals surface area contributed by atoms with Gasteiger partial charge in [-0.3, -0.25) is 14.3 Å². The van der Waals surface area contributed by atoms with Gasteiger partial charge in [0.25, 0.3) is 0 Å². The molecular weight excluding hydrogens is 323 g/mol. The number of hydrogen-bond donors (Lipinski definition) is 1. The molecule has 0 bridgehead atoms. The second-order valence-electron chi connectivity index (χ2n) is 6.32. The lowest BCUT2D eigenvalue weighted by Gasteiger charge is -2.16. The third kappa shape index (κ3) is 3.87. The summed E-state index contributed by atoms with van der Waals surface area (Å²) in [6.07, 6.45) is 0.170. The molecule has 2 amide bonds. The standard InChI is InChI=1S/C18H21FN4O2/c1-12-9-13(2)23(21-12)8-7-20-18(25)14-10-17(24)22(11-14)16-5-3-15(19)4-6-16/h3-6,9,14H,7-8,10-11H2,1-2H3,(H,20,25). The van der Waals surface area contributed by atoms with Crippen molar-refractivity contribution < 1.29 is 14.0 Å². The quantitative estimate of drug-likeness (QED) is 0.899. The fourth-order valence-electron chi connectivity index (χ4n) is 3.08. The number of carbonyl (C=O) groups is 2. The van der Waals surface area contributed by atoms with Gasteiger partial charge in [0.05, 0.1) is 18.2 Å². The number of nitrogens with one attached hydrogen (secondary N) is 1. The summed E-state index contributed by atoms with van der Waals surface area (Å²) in [7, 11) is 0. The first-order chi connectivity index (χ1) is 11.9. The largest absolute Gasteiger partial charge is 0.354 e. The molecule has 1 N–H and O–H groups in total. The summed E-state index contributed by atoms with van der Waals surface area (Å²) < 4.78 is 14.9. The minimum Gasteiger partial charge on any atom is -0.354 e. The lowest BCUT2D eigenvalue weighted by Crippen LogP contribution is -2.35. The fraction of sp³-hybridized carbons (Fsp3) is 0.389. The highest BCUT2D eigenvalue weighted by Crippen LogP contribution is 2.25. The Balaban J connectivity index is 1.54. The number of hydrogen-bond acceptors (Lipinski definition) is 3. The molecular formula is C18H21FN4O2. The lowest BCUT2D eigenvalue weighted by atomic mass is 10.1. The Labute approximate surface area is 145 Å². The third-order valence-corrected chi connectivity index (χ3v) is 4.36. The van der Waals surface area contributed by atoms with Gasteiger partial charge in [0.15, 0.2) is 0 Å². The molecule has 0 radical (unpaired) electrons. The number of aryl methyl sites for hydroxylation is 2. The van der Waals surface area contributed by atoms with Crippen molar-refractivity contribution in [2.24, 2.45) is 5.92 Å². The second kappa shape index (κ2) is 7.04. The zero-order valence-corrected chi connectivity index (χ0v) is 14.3. The predicted octanol–water partition coefficient (Wildman–Crippen LogP) is 1.81. The van der Waals surface area contributed by atoms with Gasteiger partial charge < -0.3 is 10.2 Å². The smallest absolute Gasteiger partial charge is 0.227 e. The molecule has 2 aromatic rings. The van der Waals surface area contributed by atoms with Crippen LogP contribution >= 0.6 is 0 Å². The second-order valence-corrected chi connectivity index (χ2v) is 6.32. The molecule has 1 aromatic heterocycles. The average Bonchev–Trinajstić information content (AvgIpc) is 3.10. The number of anilines is 1. The van der Waals surface area contributed by atoms with E-state index in [4.69, 9.17) is 0 Å². The lowest BCUT2D eigenvalue weighted by molar-refractivity contribution is -0.126. The van der Waals surface area contributed by atoms with Crippen molar-refractivity contribution >= 4 is 17.5 Å². The van der Waals surface area contributed by atoms with Gasteiger partial charge in [-0.25, -0.2) is 4.39 Å². The summed E-state index contributed by atoms with van der Waals surface area (Å²) in [5.41, 5.74) is 2.61.